The Labute approximate surface area is 106 Å². The Balaban J connectivity index is 2.96. The normalized spacial score (nSPS) is 12.0. The Kier molecular flexibility index (Phi) is 4.22. The average molecular weight is 304 g/mol. The van der Waals surface area contributed by atoms with E-state index in [1.54, 1.807) is 0 Å². The maximum Gasteiger partial charge on any atom is 0.326 e. The lowest BCUT2D eigenvalue weighted by Crippen LogP contribution is -2.40. The summed E-state index contributed by atoms with van der Waals surface area (Å²) < 4.78 is 13.5. The first-order chi connectivity index (χ1) is 7.84. The van der Waals surface area contributed by atoms with Gasteiger partial charge in [-0.2, -0.15) is 0 Å². The third-order valence-corrected chi connectivity index (χ3v) is 3.07. The van der Waals surface area contributed by atoms with Crippen molar-refractivity contribution in [2.75, 3.05) is 7.05 Å². The van der Waals surface area contributed by atoms with Crippen LogP contribution in [0.2, 0.25) is 0 Å². The van der Waals surface area contributed by atoms with E-state index in [1.165, 1.54) is 26.1 Å². The van der Waals surface area contributed by atoms with Crippen LogP contribution in [0.15, 0.2) is 22.7 Å². The van der Waals surface area contributed by atoms with Crippen LogP contribution >= 0.6 is 15.9 Å². The highest BCUT2D eigenvalue weighted by Gasteiger charge is 2.23. The van der Waals surface area contributed by atoms with Crippen molar-refractivity contribution in [2.24, 2.45) is 0 Å². The van der Waals surface area contributed by atoms with E-state index < -0.39 is 23.7 Å². The smallest absolute Gasteiger partial charge is 0.326 e. The maximum absolute atomic E-state index is 13.2. The molecule has 1 amide bonds. The van der Waals surface area contributed by atoms with Gasteiger partial charge in [-0.05, 0) is 41.1 Å². The van der Waals surface area contributed by atoms with Crippen molar-refractivity contribution in [1.82, 2.24) is 4.90 Å². The number of halogens is 2. The molecule has 92 valence electrons. The number of amides is 1. The van der Waals surface area contributed by atoms with Crippen molar-refractivity contribution in [2.45, 2.75) is 13.0 Å². The van der Waals surface area contributed by atoms with Crippen LogP contribution in [0.4, 0.5) is 4.39 Å². The summed E-state index contributed by atoms with van der Waals surface area (Å²) in [5.74, 6) is -2.21. The highest BCUT2D eigenvalue weighted by Crippen LogP contribution is 2.17. The number of benzene rings is 1. The van der Waals surface area contributed by atoms with Crippen LogP contribution in [0.3, 0.4) is 0 Å². The summed E-state index contributed by atoms with van der Waals surface area (Å²) in [5, 5.41) is 8.77. The second kappa shape index (κ2) is 5.27. The van der Waals surface area contributed by atoms with Crippen LogP contribution in [-0.4, -0.2) is 35.0 Å². The van der Waals surface area contributed by atoms with Gasteiger partial charge in [0, 0.05) is 12.6 Å². The third-order valence-electron chi connectivity index (χ3n) is 2.43. The number of rotatable bonds is 3. The molecule has 1 aromatic rings. The molecule has 0 saturated heterocycles. The Hall–Kier alpha value is -1.43. The van der Waals surface area contributed by atoms with Crippen LogP contribution < -0.4 is 0 Å². The molecule has 1 unspecified atom stereocenters. The van der Waals surface area contributed by atoms with Gasteiger partial charge in [-0.15, -0.1) is 0 Å². The Bertz CT molecular complexity index is 464. The second-order valence-electron chi connectivity index (χ2n) is 3.56. The van der Waals surface area contributed by atoms with Crippen LogP contribution in [0, 0.1) is 5.82 Å². The van der Waals surface area contributed by atoms with Crippen LogP contribution in [0.25, 0.3) is 0 Å². The molecule has 0 saturated carbocycles. The molecule has 0 radical (unpaired) electrons. The molecule has 1 N–H and O–H groups in total. The molecule has 0 spiro atoms. The lowest BCUT2D eigenvalue weighted by atomic mass is 10.1. The Morgan fingerprint density at radius 2 is 2.06 bits per heavy atom. The van der Waals surface area contributed by atoms with Gasteiger partial charge in [-0.25, -0.2) is 9.18 Å². The number of carboxylic acid groups (broad SMARTS) is 1. The van der Waals surface area contributed by atoms with E-state index >= 15 is 0 Å². The summed E-state index contributed by atoms with van der Waals surface area (Å²) in [6, 6.07) is 2.94. The van der Waals surface area contributed by atoms with Gasteiger partial charge in [0.25, 0.3) is 5.91 Å². The van der Waals surface area contributed by atoms with Gasteiger partial charge in [0.05, 0.1) is 4.47 Å². The molecule has 0 aliphatic carbocycles. The quantitative estimate of drug-likeness (QED) is 0.930. The number of aliphatic carboxylic acids is 1. The number of carboxylic acids is 1. The molecule has 6 heteroatoms. The number of nitrogens with zero attached hydrogens (tertiary/aromatic N) is 1. The lowest BCUT2D eigenvalue weighted by molar-refractivity contribution is -0.141. The number of carbonyl (C=O) groups excluding carboxylic acids is 1. The van der Waals surface area contributed by atoms with E-state index in [-0.39, 0.29) is 10.0 Å². The van der Waals surface area contributed by atoms with Gasteiger partial charge in [-0.1, -0.05) is 0 Å². The molecule has 1 atom stereocenters. The van der Waals surface area contributed by atoms with Gasteiger partial charge in [0.1, 0.15) is 11.9 Å². The molecule has 0 fully saturated rings. The van der Waals surface area contributed by atoms with Gasteiger partial charge >= 0.3 is 5.97 Å². The number of hydrogen-bond donors (Lipinski definition) is 1. The van der Waals surface area contributed by atoms with Crippen LogP contribution in [-0.2, 0) is 4.79 Å². The minimum Gasteiger partial charge on any atom is -0.480 e. The summed E-state index contributed by atoms with van der Waals surface area (Å²) in [4.78, 5) is 23.6. The molecule has 0 aliphatic heterocycles. The van der Waals surface area contributed by atoms with Gasteiger partial charge < -0.3 is 10.0 Å². The highest BCUT2D eigenvalue weighted by molar-refractivity contribution is 9.10. The summed E-state index contributed by atoms with van der Waals surface area (Å²) in [7, 11) is 1.36. The number of carbonyl (C=O) groups is 2. The first-order valence-corrected chi connectivity index (χ1v) is 5.59. The molecule has 0 aromatic heterocycles. The predicted molar refractivity (Wildman–Crippen MR) is 63.3 cm³/mol. The fourth-order valence-electron chi connectivity index (χ4n) is 1.17. The number of hydrogen-bond acceptors (Lipinski definition) is 2. The Morgan fingerprint density at radius 1 is 1.47 bits per heavy atom. The van der Waals surface area contributed by atoms with Gasteiger partial charge in [0.2, 0.25) is 0 Å². The van der Waals surface area contributed by atoms with Crippen molar-refractivity contribution in [1.29, 1.82) is 0 Å². The first-order valence-electron chi connectivity index (χ1n) is 4.79. The molecule has 1 rings (SSSR count). The van der Waals surface area contributed by atoms with Crippen LogP contribution in [0.5, 0.6) is 0 Å². The van der Waals surface area contributed by atoms with Gasteiger partial charge in [0.15, 0.2) is 0 Å². The second-order valence-corrected chi connectivity index (χ2v) is 4.41. The lowest BCUT2D eigenvalue weighted by Gasteiger charge is -2.21. The van der Waals surface area contributed by atoms with Gasteiger partial charge in [-0.3, -0.25) is 4.79 Å². The van der Waals surface area contributed by atoms with Crippen molar-refractivity contribution in [3.05, 3.63) is 34.1 Å². The van der Waals surface area contributed by atoms with E-state index in [0.29, 0.717) is 0 Å². The molecular weight excluding hydrogens is 293 g/mol. The van der Waals surface area contributed by atoms with E-state index in [2.05, 4.69) is 15.9 Å². The van der Waals surface area contributed by atoms with E-state index in [4.69, 9.17) is 5.11 Å². The summed E-state index contributed by atoms with van der Waals surface area (Å²) in [6.45, 7) is 1.38. The standard InChI is InChI=1S/C11H11BrFNO3/c1-6(11(16)17)14(2)10(15)7-3-4-8(12)9(13)5-7/h3-6H,1-2H3,(H,16,17). The van der Waals surface area contributed by atoms with Crippen molar-refractivity contribution >= 4 is 27.8 Å². The Morgan fingerprint density at radius 3 is 2.53 bits per heavy atom. The van der Waals surface area contributed by atoms with Crippen molar-refractivity contribution in [3.63, 3.8) is 0 Å². The van der Waals surface area contributed by atoms with Crippen molar-refractivity contribution in [3.8, 4) is 0 Å². The maximum atomic E-state index is 13.2. The SMILES string of the molecule is CC(C(=O)O)N(C)C(=O)c1ccc(Br)c(F)c1. The third kappa shape index (κ3) is 3.03. The summed E-state index contributed by atoms with van der Waals surface area (Å²) >= 11 is 2.97. The first kappa shape index (κ1) is 13.6. The van der Waals surface area contributed by atoms with E-state index in [1.807, 2.05) is 0 Å². The fraction of sp³-hybridized carbons (Fsp3) is 0.273. The number of likely N-dealkylation sites (N-methyl/N-ethyl adjacent to an activating group) is 1. The van der Waals surface area contributed by atoms with Crippen molar-refractivity contribution < 1.29 is 19.1 Å². The summed E-state index contributed by atoms with van der Waals surface area (Å²) in [5.41, 5.74) is 0.112. The zero-order valence-electron chi connectivity index (χ0n) is 9.28. The molecule has 0 heterocycles. The average Bonchev–Trinajstić information content (AvgIpc) is 2.29. The predicted octanol–water partition coefficient (Wildman–Crippen LogP) is 2.13. The molecule has 1 aromatic carbocycles. The summed E-state index contributed by atoms with van der Waals surface area (Å²) in [6.07, 6.45) is 0. The molecule has 0 aliphatic rings. The van der Waals surface area contributed by atoms with E-state index in [9.17, 15) is 14.0 Å². The van der Waals surface area contributed by atoms with Crippen LogP contribution in [0.1, 0.15) is 17.3 Å². The highest BCUT2D eigenvalue weighted by atomic mass is 79.9. The molecule has 0 bridgehead atoms. The zero-order chi connectivity index (χ0) is 13.2. The molecule has 17 heavy (non-hydrogen) atoms. The molecule has 4 nitrogen and oxygen atoms in total. The fourth-order valence-corrected chi connectivity index (χ4v) is 1.42. The monoisotopic (exact) mass is 303 g/mol. The van der Waals surface area contributed by atoms with E-state index in [0.717, 1.165) is 11.0 Å². The zero-order valence-corrected chi connectivity index (χ0v) is 10.9. The minimum atomic E-state index is -1.11. The minimum absolute atomic E-state index is 0.112. The molecular formula is C11H11BrFNO3. The largest absolute Gasteiger partial charge is 0.480 e. The topological polar surface area (TPSA) is 57.6 Å².